The minimum absolute atomic E-state index is 0. The number of guanidine groups is 1. The van der Waals surface area contributed by atoms with Crippen molar-refractivity contribution in [2.75, 3.05) is 46.5 Å². The van der Waals surface area contributed by atoms with Gasteiger partial charge >= 0.3 is 0 Å². The van der Waals surface area contributed by atoms with Gasteiger partial charge in [-0.3, -0.25) is 4.99 Å². The molecule has 7 nitrogen and oxygen atoms in total. The number of ether oxygens (including phenoxy) is 3. The summed E-state index contributed by atoms with van der Waals surface area (Å²) in [4.78, 5) is 6.75. The topological polar surface area (TPSA) is 68.5 Å². The van der Waals surface area contributed by atoms with Gasteiger partial charge in [-0.15, -0.1) is 24.0 Å². The van der Waals surface area contributed by atoms with E-state index in [0.29, 0.717) is 25.4 Å². The summed E-state index contributed by atoms with van der Waals surface area (Å²) in [5, 5.41) is 3.44. The number of furan rings is 1. The standard InChI is InChI=1S/C21H35N3O4.HI/c1-22-21(23-10-5-13-25-16-19-7-4-15-27-19)24-11-8-18(9-12-24)28-17-20-6-2-3-14-26-20;/h4,7,15,18,20H,2-3,5-6,8-14,16-17H2,1H3,(H,22,23);1H. The van der Waals surface area contributed by atoms with Crippen molar-refractivity contribution in [3.8, 4) is 0 Å². The Hall–Kier alpha value is -0.840. The predicted molar refractivity (Wildman–Crippen MR) is 124 cm³/mol. The van der Waals surface area contributed by atoms with E-state index in [1.165, 1.54) is 12.8 Å². The molecule has 1 aromatic rings. The highest BCUT2D eigenvalue weighted by Crippen LogP contribution is 2.18. The molecule has 1 unspecified atom stereocenters. The minimum Gasteiger partial charge on any atom is -0.467 e. The highest BCUT2D eigenvalue weighted by atomic mass is 127. The smallest absolute Gasteiger partial charge is 0.193 e. The number of rotatable bonds is 9. The Morgan fingerprint density at radius 1 is 1.28 bits per heavy atom. The molecule has 2 saturated heterocycles. The Labute approximate surface area is 191 Å². The molecule has 1 N–H and O–H groups in total. The molecule has 8 heteroatoms. The van der Waals surface area contributed by atoms with Crippen LogP contribution in [0.2, 0.25) is 0 Å². The molecule has 0 aliphatic carbocycles. The Morgan fingerprint density at radius 2 is 2.14 bits per heavy atom. The summed E-state index contributed by atoms with van der Waals surface area (Å²) < 4.78 is 22.7. The average Bonchev–Trinajstić information content (AvgIpc) is 3.27. The molecule has 0 radical (unpaired) electrons. The van der Waals surface area contributed by atoms with Gasteiger partial charge < -0.3 is 28.8 Å². The third-order valence-corrected chi connectivity index (χ3v) is 5.32. The summed E-state index contributed by atoms with van der Waals surface area (Å²) in [7, 11) is 1.85. The third-order valence-electron chi connectivity index (χ3n) is 5.32. The molecule has 1 aromatic heterocycles. The summed E-state index contributed by atoms with van der Waals surface area (Å²) in [6.45, 7) is 5.67. The highest BCUT2D eigenvalue weighted by molar-refractivity contribution is 14.0. The van der Waals surface area contributed by atoms with Crippen LogP contribution in [-0.2, 0) is 20.8 Å². The number of nitrogens with one attached hydrogen (secondary N) is 1. The minimum atomic E-state index is 0. The van der Waals surface area contributed by atoms with Crippen LogP contribution < -0.4 is 5.32 Å². The van der Waals surface area contributed by atoms with Crippen molar-refractivity contribution in [1.82, 2.24) is 10.2 Å². The van der Waals surface area contributed by atoms with Crippen LogP contribution in [0.15, 0.2) is 27.8 Å². The second kappa shape index (κ2) is 14.2. The Bertz CT molecular complexity index is 556. The lowest BCUT2D eigenvalue weighted by molar-refractivity contribution is -0.0721. The zero-order valence-corrected chi connectivity index (χ0v) is 19.8. The van der Waals surface area contributed by atoms with E-state index >= 15 is 0 Å². The summed E-state index contributed by atoms with van der Waals surface area (Å²) in [6.07, 6.45) is 8.92. The number of hydrogen-bond donors (Lipinski definition) is 1. The first-order valence-corrected chi connectivity index (χ1v) is 10.6. The number of aliphatic imine (C=N–C) groups is 1. The fraction of sp³-hybridized carbons (Fsp3) is 0.762. The average molecular weight is 521 g/mol. The maximum Gasteiger partial charge on any atom is 0.193 e. The van der Waals surface area contributed by atoms with Gasteiger partial charge in [0.15, 0.2) is 5.96 Å². The molecule has 2 aliphatic rings. The van der Waals surface area contributed by atoms with E-state index in [2.05, 4.69) is 15.2 Å². The quantitative estimate of drug-likeness (QED) is 0.233. The fourth-order valence-electron chi connectivity index (χ4n) is 3.69. The number of nitrogens with zero attached hydrogens (tertiary/aromatic N) is 2. The van der Waals surface area contributed by atoms with Crippen molar-refractivity contribution in [2.45, 2.75) is 57.3 Å². The van der Waals surface area contributed by atoms with Crippen molar-refractivity contribution in [3.63, 3.8) is 0 Å². The number of likely N-dealkylation sites (tertiary alicyclic amines) is 1. The highest BCUT2D eigenvalue weighted by Gasteiger charge is 2.23. The summed E-state index contributed by atoms with van der Waals surface area (Å²) in [5.74, 6) is 1.84. The van der Waals surface area contributed by atoms with Gasteiger partial charge in [-0.1, -0.05) is 0 Å². The van der Waals surface area contributed by atoms with E-state index in [1.807, 2.05) is 19.2 Å². The van der Waals surface area contributed by atoms with Crippen LogP contribution in [0.1, 0.15) is 44.3 Å². The van der Waals surface area contributed by atoms with Gasteiger partial charge in [0, 0.05) is 39.9 Å². The maximum absolute atomic E-state index is 6.10. The van der Waals surface area contributed by atoms with Gasteiger partial charge in [-0.2, -0.15) is 0 Å². The number of hydrogen-bond acceptors (Lipinski definition) is 5. The molecule has 0 amide bonds. The van der Waals surface area contributed by atoms with Crippen LogP contribution in [0.25, 0.3) is 0 Å². The molecule has 0 saturated carbocycles. The Morgan fingerprint density at radius 3 is 2.83 bits per heavy atom. The zero-order chi connectivity index (χ0) is 19.4. The first kappa shape index (κ1) is 24.4. The van der Waals surface area contributed by atoms with Crippen LogP contribution in [0.4, 0.5) is 0 Å². The van der Waals surface area contributed by atoms with E-state index < -0.39 is 0 Å². The van der Waals surface area contributed by atoms with Crippen LogP contribution in [-0.4, -0.2) is 69.6 Å². The number of piperidine rings is 1. The van der Waals surface area contributed by atoms with Crippen molar-refractivity contribution in [1.29, 1.82) is 0 Å². The summed E-state index contributed by atoms with van der Waals surface area (Å²) in [5.41, 5.74) is 0. The summed E-state index contributed by atoms with van der Waals surface area (Å²) >= 11 is 0. The first-order chi connectivity index (χ1) is 13.8. The molecule has 3 rings (SSSR count). The zero-order valence-electron chi connectivity index (χ0n) is 17.5. The van der Waals surface area contributed by atoms with Crippen molar-refractivity contribution < 1.29 is 18.6 Å². The van der Waals surface area contributed by atoms with Gasteiger partial charge in [-0.05, 0) is 50.7 Å². The van der Waals surface area contributed by atoms with E-state index in [1.54, 1.807) is 6.26 Å². The van der Waals surface area contributed by atoms with Crippen LogP contribution >= 0.6 is 24.0 Å². The largest absolute Gasteiger partial charge is 0.467 e. The monoisotopic (exact) mass is 521 g/mol. The van der Waals surface area contributed by atoms with E-state index in [-0.39, 0.29) is 24.0 Å². The Balaban J connectivity index is 0.00000300. The van der Waals surface area contributed by atoms with E-state index in [4.69, 9.17) is 18.6 Å². The Kier molecular flexibility index (Phi) is 12.0. The molecule has 0 spiro atoms. The fourth-order valence-corrected chi connectivity index (χ4v) is 3.69. The van der Waals surface area contributed by atoms with Crippen LogP contribution in [0.5, 0.6) is 0 Å². The van der Waals surface area contributed by atoms with Gasteiger partial charge in [0.2, 0.25) is 0 Å². The molecule has 1 atom stereocenters. The molecular formula is C21H36IN3O4. The van der Waals surface area contributed by atoms with Gasteiger partial charge in [0.05, 0.1) is 25.1 Å². The molecule has 2 fully saturated rings. The molecule has 29 heavy (non-hydrogen) atoms. The first-order valence-electron chi connectivity index (χ1n) is 10.6. The maximum atomic E-state index is 6.10. The molecule has 0 aromatic carbocycles. The second-order valence-corrected chi connectivity index (χ2v) is 7.47. The SMILES string of the molecule is CN=C(NCCCOCc1ccco1)N1CCC(OCC2CCCCO2)CC1.I. The summed E-state index contributed by atoms with van der Waals surface area (Å²) in [6, 6.07) is 3.80. The third kappa shape index (κ3) is 8.82. The van der Waals surface area contributed by atoms with Crippen molar-refractivity contribution in [3.05, 3.63) is 24.2 Å². The van der Waals surface area contributed by atoms with Gasteiger partial charge in [-0.25, -0.2) is 0 Å². The molecule has 3 heterocycles. The number of halogens is 1. The van der Waals surface area contributed by atoms with Gasteiger partial charge in [0.1, 0.15) is 12.4 Å². The van der Waals surface area contributed by atoms with E-state index in [0.717, 1.165) is 70.3 Å². The van der Waals surface area contributed by atoms with Crippen molar-refractivity contribution >= 4 is 29.9 Å². The lowest BCUT2D eigenvalue weighted by atomic mass is 10.1. The van der Waals surface area contributed by atoms with Crippen LogP contribution in [0.3, 0.4) is 0 Å². The molecule has 2 aliphatic heterocycles. The van der Waals surface area contributed by atoms with Crippen LogP contribution in [0, 0.1) is 0 Å². The second-order valence-electron chi connectivity index (χ2n) is 7.47. The normalized spacial score (nSPS) is 21.1. The van der Waals surface area contributed by atoms with Crippen molar-refractivity contribution in [2.24, 2.45) is 4.99 Å². The molecule has 0 bridgehead atoms. The predicted octanol–water partition coefficient (Wildman–Crippen LogP) is 3.43. The molecule has 166 valence electrons. The van der Waals surface area contributed by atoms with Gasteiger partial charge in [0.25, 0.3) is 0 Å². The molecular weight excluding hydrogens is 485 g/mol. The lowest BCUT2D eigenvalue weighted by Crippen LogP contribution is -2.47. The lowest BCUT2D eigenvalue weighted by Gasteiger charge is -2.35. The van der Waals surface area contributed by atoms with E-state index in [9.17, 15) is 0 Å².